The lowest BCUT2D eigenvalue weighted by molar-refractivity contribution is -0.124. The Kier molecular flexibility index (Phi) is 7.05. The van der Waals surface area contributed by atoms with Gasteiger partial charge in [0, 0.05) is 51.8 Å². The van der Waals surface area contributed by atoms with Crippen LogP contribution in [0.1, 0.15) is 56.3 Å². The predicted molar refractivity (Wildman–Crippen MR) is 110 cm³/mol. The minimum Gasteiger partial charge on any atom is -0.381 e. The fraction of sp³-hybridized carbons (Fsp3) is 0.682. The number of rotatable bonds is 6. The topological polar surface area (TPSA) is 62.7 Å². The normalized spacial score (nSPS) is 21.2. The molecule has 0 radical (unpaired) electrons. The van der Waals surface area contributed by atoms with Crippen molar-refractivity contribution in [1.29, 1.82) is 0 Å². The molecule has 1 amide bonds. The molecule has 154 valence electrons. The first kappa shape index (κ1) is 20.8. The van der Waals surface area contributed by atoms with E-state index in [0.717, 1.165) is 51.1 Å². The maximum absolute atomic E-state index is 12.9. The highest BCUT2D eigenvalue weighted by atomic mass is 16.5. The van der Waals surface area contributed by atoms with E-state index >= 15 is 0 Å². The van der Waals surface area contributed by atoms with Crippen LogP contribution in [0.3, 0.4) is 0 Å². The fourth-order valence-electron chi connectivity index (χ4n) is 4.20. The summed E-state index contributed by atoms with van der Waals surface area (Å²) in [6.07, 6.45) is 6.39. The summed E-state index contributed by atoms with van der Waals surface area (Å²) in [6, 6.07) is 3.80. The number of carbonyl (C=O) groups excluding carboxylic acids is 2. The highest BCUT2D eigenvalue weighted by Crippen LogP contribution is 2.23. The summed E-state index contributed by atoms with van der Waals surface area (Å²) in [4.78, 5) is 33.9. The number of ketones is 1. The van der Waals surface area contributed by atoms with Crippen molar-refractivity contribution in [3.8, 4) is 0 Å². The first-order valence-electron chi connectivity index (χ1n) is 10.5. The molecule has 0 spiro atoms. The molecule has 0 N–H and O–H groups in total. The van der Waals surface area contributed by atoms with Gasteiger partial charge in [-0.1, -0.05) is 13.8 Å². The Labute approximate surface area is 168 Å². The molecule has 0 saturated carbocycles. The number of hydrogen-bond donors (Lipinski definition) is 0. The van der Waals surface area contributed by atoms with Gasteiger partial charge in [-0.15, -0.1) is 0 Å². The molecule has 3 heterocycles. The molecule has 6 heteroatoms. The van der Waals surface area contributed by atoms with E-state index in [0.29, 0.717) is 36.3 Å². The third kappa shape index (κ3) is 5.10. The number of methoxy groups -OCH3 is 1. The minimum atomic E-state index is -0.0191. The Hall–Kier alpha value is -1.95. The van der Waals surface area contributed by atoms with Crippen LogP contribution in [0.25, 0.3) is 0 Å². The SMILES string of the molecule is COC1CCN(c2ccc(C(=O)N3CCC[C@H](C(=O)CC(C)C)C3)cn2)CC1. The van der Waals surface area contributed by atoms with E-state index in [4.69, 9.17) is 4.74 Å². The Morgan fingerprint density at radius 2 is 1.93 bits per heavy atom. The van der Waals surface area contributed by atoms with Crippen LogP contribution < -0.4 is 4.90 Å². The van der Waals surface area contributed by atoms with E-state index in [1.807, 2.05) is 17.0 Å². The minimum absolute atomic E-state index is 0.0146. The van der Waals surface area contributed by atoms with Gasteiger partial charge in [0.15, 0.2) is 0 Å². The first-order valence-corrected chi connectivity index (χ1v) is 10.5. The third-order valence-electron chi connectivity index (χ3n) is 5.87. The Morgan fingerprint density at radius 3 is 2.54 bits per heavy atom. The maximum Gasteiger partial charge on any atom is 0.255 e. The molecule has 2 fully saturated rings. The number of carbonyl (C=O) groups is 2. The lowest BCUT2D eigenvalue weighted by Gasteiger charge is -2.33. The molecule has 1 atom stereocenters. The van der Waals surface area contributed by atoms with Gasteiger partial charge in [-0.25, -0.2) is 4.98 Å². The van der Waals surface area contributed by atoms with Gasteiger partial charge in [0.25, 0.3) is 5.91 Å². The van der Waals surface area contributed by atoms with Gasteiger partial charge in [-0.05, 0) is 43.7 Å². The van der Waals surface area contributed by atoms with Crippen molar-refractivity contribution in [3.05, 3.63) is 23.9 Å². The van der Waals surface area contributed by atoms with Gasteiger partial charge in [0.1, 0.15) is 11.6 Å². The quantitative estimate of drug-likeness (QED) is 0.750. The van der Waals surface area contributed by atoms with Crippen LogP contribution in [0.15, 0.2) is 18.3 Å². The molecule has 0 aliphatic carbocycles. The van der Waals surface area contributed by atoms with Crippen LogP contribution in [-0.2, 0) is 9.53 Å². The molecule has 1 aromatic heterocycles. The summed E-state index contributed by atoms with van der Waals surface area (Å²) < 4.78 is 5.42. The van der Waals surface area contributed by atoms with Crippen LogP contribution in [0.4, 0.5) is 5.82 Å². The standard InChI is InChI=1S/C22H33N3O3/c1-16(2)13-20(26)18-5-4-10-25(15-18)22(27)17-6-7-21(23-14-17)24-11-8-19(28-3)9-12-24/h6-7,14,16,18-19H,4-5,8-13,15H2,1-3H3/t18-/m0/s1. The second-order valence-electron chi connectivity index (χ2n) is 8.48. The number of Topliss-reactive ketones (excluding diaryl/α,β-unsaturated/α-hetero) is 1. The average Bonchev–Trinajstić information content (AvgIpc) is 2.73. The molecule has 2 saturated heterocycles. The van der Waals surface area contributed by atoms with Gasteiger partial charge in [0.05, 0.1) is 11.7 Å². The van der Waals surface area contributed by atoms with Gasteiger partial charge in [0.2, 0.25) is 0 Å². The molecule has 1 aromatic rings. The van der Waals surface area contributed by atoms with E-state index in [9.17, 15) is 9.59 Å². The highest BCUT2D eigenvalue weighted by Gasteiger charge is 2.29. The van der Waals surface area contributed by atoms with Crippen molar-refractivity contribution in [2.24, 2.45) is 11.8 Å². The zero-order valence-corrected chi connectivity index (χ0v) is 17.4. The first-order chi connectivity index (χ1) is 13.5. The number of aromatic nitrogens is 1. The Bertz CT molecular complexity index is 666. The molecule has 0 aromatic carbocycles. The fourth-order valence-corrected chi connectivity index (χ4v) is 4.20. The van der Waals surface area contributed by atoms with Gasteiger partial charge >= 0.3 is 0 Å². The number of hydrogen-bond acceptors (Lipinski definition) is 5. The summed E-state index contributed by atoms with van der Waals surface area (Å²) in [5, 5.41) is 0. The van der Waals surface area contributed by atoms with E-state index < -0.39 is 0 Å². The smallest absolute Gasteiger partial charge is 0.255 e. The van der Waals surface area contributed by atoms with Crippen molar-refractivity contribution < 1.29 is 14.3 Å². The second kappa shape index (κ2) is 9.50. The van der Waals surface area contributed by atoms with Crippen LogP contribution in [0, 0.1) is 11.8 Å². The van der Waals surface area contributed by atoms with E-state index in [-0.39, 0.29) is 11.8 Å². The largest absolute Gasteiger partial charge is 0.381 e. The van der Waals surface area contributed by atoms with Crippen molar-refractivity contribution in [3.63, 3.8) is 0 Å². The number of piperidine rings is 2. The summed E-state index contributed by atoms with van der Waals surface area (Å²) in [7, 11) is 1.76. The Morgan fingerprint density at radius 1 is 1.18 bits per heavy atom. The van der Waals surface area contributed by atoms with Crippen LogP contribution in [0.2, 0.25) is 0 Å². The number of anilines is 1. The van der Waals surface area contributed by atoms with Crippen molar-refractivity contribution >= 4 is 17.5 Å². The van der Waals surface area contributed by atoms with Crippen LogP contribution in [0.5, 0.6) is 0 Å². The molecule has 0 bridgehead atoms. The number of pyridine rings is 1. The third-order valence-corrected chi connectivity index (χ3v) is 5.87. The highest BCUT2D eigenvalue weighted by molar-refractivity contribution is 5.94. The molecule has 6 nitrogen and oxygen atoms in total. The summed E-state index contributed by atoms with van der Waals surface area (Å²) in [6.45, 7) is 7.23. The molecule has 28 heavy (non-hydrogen) atoms. The van der Waals surface area contributed by atoms with Crippen molar-refractivity contribution in [2.45, 2.75) is 52.1 Å². The molecule has 2 aliphatic heterocycles. The second-order valence-corrected chi connectivity index (χ2v) is 8.48. The van der Waals surface area contributed by atoms with E-state index in [2.05, 4.69) is 23.7 Å². The molecule has 3 rings (SSSR count). The maximum atomic E-state index is 12.9. The summed E-state index contributed by atoms with van der Waals surface area (Å²) >= 11 is 0. The lowest BCUT2D eigenvalue weighted by Crippen LogP contribution is -2.42. The monoisotopic (exact) mass is 387 g/mol. The summed E-state index contributed by atoms with van der Waals surface area (Å²) in [5.74, 6) is 1.54. The zero-order chi connectivity index (χ0) is 20.1. The number of likely N-dealkylation sites (tertiary alicyclic amines) is 1. The van der Waals surface area contributed by atoms with Gasteiger partial charge in [-0.2, -0.15) is 0 Å². The van der Waals surface area contributed by atoms with Crippen LogP contribution >= 0.6 is 0 Å². The van der Waals surface area contributed by atoms with Crippen molar-refractivity contribution in [2.75, 3.05) is 38.2 Å². The summed E-state index contributed by atoms with van der Waals surface area (Å²) in [5.41, 5.74) is 0.604. The molecular formula is C22H33N3O3. The molecule has 2 aliphatic rings. The number of ether oxygens (including phenoxy) is 1. The van der Waals surface area contributed by atoms with E-state index in [1.165, 1.54) is 0 Å². The lowest BCUT2D eigenvalue weighted by atomic mass is 9.89. The molecular weight excluding hydrogens is 354 g/mol. The average molecular weight is 388 g/mol. The number of nitrogens with zero attached hydrogens (tertiary/aromatic N) is 3. The van der Waals surface area contributed by atoms with Crippen LogP contribution in [-0.4, -0.2) is 61.0 Å². The molecule has 0 unspecified atom stereocenters. The van der Waals surface area contributed by atoms with Gasteiger partial charge in [-0.3, -0.25) is 9.59 Å². The number of amides is 1. The van der Waals surface area contributed by atoms with Crippen molar-refractivity contribution in [1.82, 2.24) is 9.88 Å². The Balaban J connectivity index is 1.59. The predicted octanol–water partition coefficient (Wildman–Crippen LogP) is 3.16. The van der Waals surface area contributed by atoms with Gasteiger partial charge < -0.3 is 14.5 Å². The zero-order valence-electron chi connectivity index (χ0n) is 17.4. The van der Waals surface area contributed by atoms with E-state index in [1.54, 1.807) is 13.3 Å².